The average molecular weight is 649 g/mol. The van der Waals surface area contributed by atoms with Crippen LogP contribution in [-0.4, -0.2) is 127 Å². The topological polar surface area (TPSA) is 127 Å². The van der Waals surface area contributed by atoms with Crippen molar-refractivity contribution in [3.8, 4) is 11.5 Å². The van der Waals surface area contributed by atoms with Gasteiger partial charge in [-0.2, -0.15) is 0 Å². The number of anilines is 1. The lowest BCUT2D eigenvalue weighted by molar-refractivity contribution is -0.142. The van der Waals surface area contributed by atoms with Crippen molar-refractivity contribution in [2.45, 2.75) is 63.6 Å². The molecule has 3 saturated heterocycles. The molecule has 1 atom stereocenters. The van der Waals surface area contributed by atoms with E-state index in [0.29, 0.717) is 62.9 Å². The smallest absolute Gasteiger partial charge is 0.410 e. The normalized spacial score (nSPS) is 20.6. The first-order valence-electron chi connectivity index (χ1n) is 17.0. The molecule has 0 saturated carbocycles. The number of hydrogen-bond acceptors (Lipinski definition) is 8. The molecule has 3 fully saturated rings. The van der Waals surface area contributed by atoms with Crippen molar-refractivity contribution < 1.29 is 29.0 Å². The highest BCUT2D eigenvalue weighted by molar-refractivity contribution is 5.91. The quantitative estimate of drug-likeness (QED) is 0.418. The number of nitrogens with one attached hydrogen (secondary N) is 2. The molecule has 2 aromatic carbocycles. The number of carbonyl (C=O) groups excluding carboxylic acids is 3. The van der Waals surface area contributed by atoms with E-state index in [0.717, 1.165) is 62.3 Å². The van der Waals surface area contributed by atoms with Gasteiger partial charge in [0.1, 0.15) is 0 Å². The first-order valence-corrected chi connectivity index (χ1v) is 17.0. The number of piperidine rings is 2. The summed E-state index contributed by atoms with van der Waals surface area (Å²) in [4.78, 5) is 48.6. The van der Waals surface area contributed by atoms with Gasteiger partial charge in [-0.15, -0.1) is 0 Å². The van der Waals surface area contributed by atoms with Crippen LogP contribution in [0.2, 0.25) is 0 Å². The predicted octanol–water partition coefficient (Wildman–Crippen LogP) is 3.21. The molecule has 4 amide bonds. The molecule has 4 aliphatic rings. The summed E-state index contributed by atoms with van der Waals surface area (Å²) in [7, 11) is 1.49. The number of piperazine rings is 1. The Bertz CT molecular complexity index is 1430. The number of ether oxygens (including phenoxy) is 2. The molecule has 0 aromatic heterocycles. The lowest BCUT2D eigenvalue weighted by Crippen LogP contribution is -2.54. The van der Waals surface area contributed by atoms with E-state index in [1.54, 1.807) is 24.0 Å². The Morgan fingerprint density at radius 1 is 0.936 bits per heavy atom. The molecule has 0 spiro atoms. The lowest BCUT2D eigenvalue weighted by atomic mass is 9.99. The highest BCUT2D eigenvalue weighted by Crippen LogP contribution is 2.32. The number of para-hydroxylation sites is 1. The van der Waals surface area contributed by atoms with Gasteiger partial charge in [0.25, 0.3) is 5.91 Å². The molecule has 3 N–H and O–H groups in total. The van der Waals surface area contributed by atoms with Crippen LogP contribution in [0.3, 0.4) is 0 Å². The average Bonchev–Trinajstić information content (AvgIpc) is 3.27. The number of hydrogen-bond donors (Lipinski definition) is 3. The summed E-state index contributed by atoms with van der Waals surface area (Å²) >= 11 is 0. The van der Waals surface area contributed by atoms with Crippen molar-refractivity contribution in [2.24, 2.45) is 0 Å². The minimum atomic E-state index is -1.01. The first-order chi connectivity index (χ1) is 22.8. The molecule has 12 nitrogen and oxygen atoms in total. The van der Waals surface area contributed by atoms with Gasteiger partial charge in [0.2, 0.25) is 0 Å². The van der Waals surface area contributed by atoms with E-state index in [-0.39, 0.29) is 30.2 Å². The van der Waals surface area contributed by atoms with E-state index in [4.69, 9.17) is 9.47 Å². The van der Waals surface area contributed by atoms with Crippen LogP contribution in [0, 0.1) is 6.92 Å². The number of amides is 4. The summed E-state index contributed by atoms with van der Waals surface area (Å²) in [6, 6.07) is 11.7. The first kappa shape index (κ1) is 32.9. The zero-order valence-electron chi connectivity index (χ0n) is 27.6. The molecule has 0 radical (unpaired) electrons. The lowest BCUT2D eigenvalue weighted by Gasteiger charge is -2.41. The summed E-state index contributed by atoms with van der Waals surface area (Å²) in [5, 5.41) is 16.8. The number of fused-ring (bicyclic) bond motifs is 1. The summed E-state index contributed by atoms with van der Waals surface area (Å²) in [5.74, 6) is 0.172. The maximum atomic E-state index is 14.0. The molecule has 47 heavy (non-hydrogen) atoms. The molecule has 0 bridgehead atoms. The van der Waals surface area contributed by atoms with Crippen molar-refractivity contribution >= 4 is 23.7 Å². The summed E-state index contributed by atoms with van der Waals surface area (Å²) < 4.78 is 11.4. The fraction of sp³-hybridized carbons (Fsp3) is 0.571. The van der Waals surface area contributed by atoms with Crippen molar-refractivity contribution in [1.82, 2.24) is 24.9 Å². The fourth-order valence-electron chi connectivity index (χ4n) is 7.48. The number of phenols is 1. The van der Waals surface area contributed by atoms with E-state index < -0.39 is 12.2 Å². The highest BCUT2D eigenvalue weighted by atomic mass is 16.6. The molecular formula is C35H48N6O6. The van der Waals surface area contributed by atoms with Crippen molar-refractivity contribution in [1.29, 1.82) is 0 Å². The number of phenolic OH excluding ortho intramolecular Hbond substituents is 1. The zero-order chi connectivity index (χ0) is 32.9. The van der Waals surface area contributed by atoms with Crippen LogP contribution >= 0.6 is 0 Å². The van der Waals surface area contributed by atoms with Gasteiger partial charge in [-0.3, -0.25) is 9.69 Å². The maximum absolute atomic E-state index is 14.0. The Morgan fingerprint density at radius 2 is 1.62 bits per heavy atom. The van der Waals surface area contributed by atoms with Crippen LogP contribution in [0.4, 0.5) is 15.3 Å². The van der Waals surface area contributed by atoms with Gasteiger partial charge in [0.15, 0.2) is 17.6 Å². The van der Waals surface area contributed by atoms with Gasteiger partial charge < -0.3 is 39.9 Å². The van der Waals surface area contributed by atoms with E-state index in [9.17, 15) is 19.5 Å². The van der Waals surface area contributed by atoms with E-state index in [1.165, 1.54) is 7.11 Å². The molecule has 12 heteroatoms. The number of urea groups is 1. The second-order valence-corrected chi connectivity index (χ2v) is 13.1. The van der Waals surface area contributed by atoms with Crippen LogP contribution in [0.1, 0.15) is 42.4 Å². The van der Waals surface area contributed by atoms with E-state index >= 15 is 0 Å². The van der Waals surface area contributed by atoms with Crippen molar-refractivity contribution in [3.05, 3.63) is 53.1 Å². The minimum Gasteiger partial charge on any atom is -0.504 e. The Morgan fingerprint density at radius 3 is 2.34 bits per heavy atom. The molecule has 4 heterocycles. The van der Waals surface area contributed by atoms with Gasteiger partial charge in [-0.25, -0.2) is 9.59 Å². The Balaban J connectivity index is 1.10. The summed E-state index contributed by atoms with van der Waals surface area (Å²) in [5.41, 5.74) is 3.34. The Kier molecular flexibility index (Phi) is 10.4. The van der Waals surface area contributed by atoms with E-state index in [1.807, 2.05) is 34.1 Å². The number of nitrogens with zero attached hydrogens (tertiary/aromatic N) is 4. The number of carbonyl (C=O) groups is 3. The largest absolute Gasteiger partial charge is 0.504 e. The van der Waals surface area contributed by atoms with Gasteiger partial charge in [0.05, 0.1) is 7.11 Å². The zero-order valence-corrected chi connectivity index (χ0v) is 27.6. The summed E-state index contributed by atoms with van der Waals surface area (Å²) in [6.45, 7) is 8.52. The molecule has 2 aromatic rings. The third-order valence-corrected chi connectivity index (χ3v) is 10.2. The number of rotatable bonds is 7. The SMILES string of the molecule is COc1cc(CC(OC(=O)N2CCC(N3CCc4ccccc4NC3=O)CC2)C(=O)N2CCC(N3CCNCC3)CC2)cc(C)c1O. The van der Waals surface area contributed by atoms with Crippen LogP contribution in [0.15, 0.2) is 36.4 Å². The third kappa shape index (κ3) is 7.59. The second-order valence-electron chi connectivity index (χ2n) is 13.1. The Hall–Kier alpha value is -4.03. The number of benzene rings is 2. The van der Waals surface area contributed by atoms with Gasteiger partial charge in [0, 0.05) is 83.1 Å². The van der Waals surface area contributed by atoms with Gasteiger partial charge >= 0.3 is 12.1 Å². The Labute approximate surface area is 277 Å². The number of aromatic hydroxyl groups is 1. The number of methoxy groups -OCH3 is 1. The fourth-order valence-corrected chi connectivity index (χ4v) is 7.48. The summed E-state index contributed by atoms with van der Waals surface area (Å²) in [6.07, 6.45) is 2.45. The maximum Gasteiger partial charge on any atom is 0.410 e. The van der Waals surface area contributed by atoms with Crippen LogP contribution in [0.5, 0.6) is 11.5 Å². The van der Waals surface area contributed by atoms with Crippen LogP contribution < -0.4 is 15.4 Å². The van der Waals surface area contributed by atoms with Crippen molar-refractivity contribution in [3.63, 3.8) is 0 Å². The highest BCUT2D eigenvalue weighted by Gasteiger charge is 2.36. The monoisotopic (exact) mass is 648 g/mol. The van der Waals surface area contributed by atoms with Gasteiger partial charge in [-0.1, -0.05) is 24.3 Å². The molecular weight excluding hydrogens is 600 g/mol. The number of likely N-dealkylation sites (tertiary alicyclic amines) is 2. The number of aryl methyl sites for hydroxylation is 1. The van der Waals surface area contributed by atoms with Crippen LogP contribution in [0.25, 0.3) is 0 Å². The third-order valence-electron chi connectivity index (χ3n) is 10.2. The molecule has 254 valence electrons. The standard InChI is InChI=1S/C35H48N6O6/c1-24-21-25(22-30(46-2)32(24)42)23-31(33(43)39-14-8-27(9-15-39)38-19-12-36-13-20-38)47-35(45)40-16-10-28(11-17-40)41-18-7-26-5-3-4-6-29(26)37-34(41)44/h3-6,21-22,27-28,31,36,42H,7-20,23H2,1-2H3,(H,37,44). The predicted molar refractivity (Wildman–Crippen MR) is 178 cm³/mol. The second kappa shape index (κ2) is 14.8. The molecule has 0 aliphatic carbocycles. The van der Waals surface area contributed by atoms with Gasteiger partial charge in [-0.05, 0) is 67.9 Å². The molecule has 6 rings (SSSR count). The van der Waals surface area contributed by atoms with Crippen molar-refractivity contribution in [2.75, 3.05) is 71.3 Å². The molecule has 1 unspecified atom stereocenters. The van der Waals surface area contributed by atoms with Crippen LogP contribution in [-0.2, 0) is 22.4 Å². The minimum absolute atomic E-state index is 0.00945. The molecule has 4 aliphatic heterocycles. The van der Waals surface area contributed by atoms with E-state index in [2.05, 4.69) is 15.5 Å².